The van der Waals surface area contributed by atoms with Crippen LogP contribution in [0.25, 0.3) is 10.9 Å². The van der Waals surface area contributed by atoms with Gasteiger partial charge in [0.15, 0.2) is 0 Å². The second-order valence-electron chi connectivity index (χ2n) is 13.6. The van der Waals surface area contributed by atoms with E-state index in [1.165, 1.54) is 17.7 Å². The van der Waals surface area contributed by atoms with Crippen LogP contribution in [-0.4, -0.2) is 50.8 Å². The SMILES string of the molecule is CCCCCCCCCC(=O)N[C@@H](Cc1c[nH]c2ccccc12)C(=O)N([C@@H](CC(N)=O)C(=O)O)C(c1ccccc1)(c1ccccc1)c1ccccc1. The van der Waals surface area contributed by atoms with Crippen molar-refractivity contribution in [2.45, 2.75) is 88.8 Å². The quantitative estimate of drug-likeness (QED) is 0.0488. The molecule has 0 fully saturated rings. The summed E-state index contributed by atoms with van der Waals surface area (Å²) in [7, 11) is 0. The number of fused-ring (bicyclic) bond motifs is 1. The number of para-hydroxylation sites is 1. The number of nitrogens with one attached hydrogen (secondary N) is 2. The molecular formula is C44H50N4O5. The van der Waals surface area contributed by atoms with E-state index in [0.717, 1.165) is 42.1 Å². The summed E-state index contributed by atoms with van der Waals surface area (Å²) >= 11 is 0. The number of H-pyrrole nitrogens is 1. The molecule has 0 unspecified atom stereocenters. The zero-order valence-electron chi connectivity index (χ0n) is 30.4. The number of rotatable bonds is 20. The molecular weight excluding hydrogens is 665 g/mol. The van der Waals surface area contributed by atoms with Gasteiger partial charge in [-0.3, -0.25) is 14.4 Å². The van der Waals surface area contributed by atoms with Crippen molar-refractivity contribution in [2.75, 3.05) is 0 Å². The van der Waals surface area contributed by atoms with E-state index in [9.17, 15) is 19.5 Å². The highest BCUT2D eigenvalue weighted by Gasteiger charge is 2.51. The van der Waals surface area contributed by atoms with E-state index >= 15 is 4.79 Å². The van der Waals surface area contributed by atoms with Crippen LogP contribution in [0.4, 0.5) is 0 Å². The molecule has 53 heavy (non-hydrogen) atoms. The monoisotopic (exact) mass is 714 g/mol. The highest BCUT2D eigenvalue weighted by Crippen LogP contribution is 2.44. The normalized spacial score (nSPS) is 12.5. The van der Waals surface area contributed by atoms with Crippen molar-refractivity contribution < 1.29 is 24.3 Å². The molecule has 5 aromatic rings. The average molecular weight is 715 g/mol. The van der Waals surface area contributed by atoms with Gasteiger partial charge < -0.3 is 26.0 Å². The number of carbonyl (C=O) groups excluding carboxylic acids is 3. The van der Waals surface area contributed by atoms with Gasteiger partial charge in [0.25, 0.3) is 0 Å². The smallest absolute Gasteiger partial charge is 0.327 e. The maximum Gasteiger partial charge on any atom is 0.327 e. The third-order valence-corrected chi connectivity index (χ3v) is 9.90. The fourth-order valence-electron chi connectivity index (χ4n) is 7.39. The first kappa shape index (κ1) is 38.5. The molecule has 9 heteroatoms. The second-order valence-corrected chi connectivity index (χ2v) is 13.6. The molecule has 0 saturated heterocycles. The lowest BCUT2D eigenvalue weighted by molar-refractivity contribution is -0.157. The minimum Gasteiger partial charge on any atom is -0.480 e. The summed E-state index contributed by atoms with van der Waals surface area (Å²) in [6.07, 6.45) is 8.67. The van der Waals surface area contributed by atoms with Gasteiger partial charge in [-0.2, -0.15) is 0 Å². The number of amides is 3. The Kier molecular flexibility index (Phi) is 13.6. The highest BCUT2D eigenvalue weighted by atomic mass is 16.4. The first-order valence-corrected chi connectivity index (χ1v) is 18.6. The number of unbranched alkanes of at least 4 members (excludes halogenated alkanes) is 6. The molecule has 4 aromatic carbocycles. The molecule has 0 aliphatic carbocycles. The topological polar surface area (TPSA) is 146 Å². The van der Waals surface area contributed by atoms with Gasteiger partial charge in [-0.1, -0.05) is 155 Å². The van der Waals surface area contributed by atoms with E-state index in [1.54, 1.807) is 0 Å². The summed E-state index contributed by atoms with van der Waals surface area (Å²) in [6, 6.07) is 32.4. The number of hydrogen-bond donors (Lipinski definition) is 4. The first-order valence-electron chi connectivity index (χ1n) is 18.6. The maximum atomic E-state index is 15.7. The maximum absolute atomic E-state index is 15.7. The Balaban J connectivity index is 1.68. The van der Waals surface area contributed by atoms with E-state index in [4.69, 9.17) is 5.73 Å². The second kappa shape index (κ2) is 18.7. The van der Waals surface area contributed by atoms with Crippen LogP contribution in [0.15, 0.2) is 121 Å². The van der Waals surface area contributed by atoms with Gasteiger partial charge in [-0.25, -0.2) is 4.79 Å². The zero-order chi connectivity index (χ0) is 37.6. The van der Waals surface area contributed by atoms with Crippen molar-refractivity contribution in [3.8, 4) is 0 Å². The van der Waals surface area contributed by atoms with Gasteiger partial charge in [0.2, 0.25) is 17.7 Å². The van der Waals surface area contributed by atoms with Crippen molar-refractivity contribution in [1.29, 1.82) is 0 Å². The van der Waals surface area contributed by atoms with Gasteiger partial charge in [-0.05, 0) is 34.7 Å². The molecule has 276 valence electrons. The summed E-state index contributed by atoms with van der Waals surface area (Å²) in [5, 5.41) is 14.8. The number of nitrogens with two attached hydrogens (primary N) is 1. The van der Waals surface area contributed by atoms with Gasteiger partial charge in [0.05, 0.1) is 6.42 Å². The van der Waals surface area contributed by atoms with Crippen LogP contribution in [-0.2, 0) is 31.1 Å². The van der Waals surface area contributed by atoms with E-state index in [0.29, 0.717) is 23.1 Å². The van der Waals surface area contributed by atoms with E-state index in [2.05, 4.69) is 17.2 Å². The lowest BCUT2D eigenvalue weighted by Crippen LogP contribution is -2.63. The van der Waals surface area contributed by atoms with Crippen molar-refractivity contribution in [1.82, 2.24) is 15.2 Å². The lowest BCUT2D eigenvalue weighted by Gasteiger charge is -2.49. The molecule has 0 aliphatic rings. The minimum atomic E-state index is -1.70. The molecule has 1 aromatic heterocycles. The van der Waals surface area contributed by atoms with Gasteiger partial charge in [0, 0.05) is 29.9 Å². The summed E-state index contributed by atoms with van der Waals surface area (Å²) in [4.78, 5) is 60.1. The number of benzene rings is 4. The number of nitrogens with zero attached hydrogens (tertiary/aromatic N) is 1. The van der Waals surface area contributed by atoms with Crippen LogP contribution in [0.5, 0.6) is 0 Å². The van der Waals surface area contributed by atoms with Crippen molar-refractivity contribution in [2.24, 2.45) is 5.73 Å². The number of aromatic nitrogens is 1. The van der Waals surface area contributed by atoms with Crippen molar-refractivity contribution >= 4 is 34.6 Å². The predicted molar refractivity (Wildman–Crippen MR) is 208 cm³/mol. The lowest BCUT2D eigenvalue weighted by atomic mass is 9.74. The molecule has 9 nitrogen and oxygen atoms in total. The fraction of sp³-hybridized carbons (Fsp3) is 0.318. The Hall–Kier alpha value is -5.70. The third-order valence-electron chi connectivity index (χ3n) is 9.90. The van der Waals surface area contributed by atoms with E-state index in [1.807, 2.05) is 121 Å². The Bertz CT molecular complexity index is 1850. The third kappa shape index (κ3) is 9.21. The molecule has 0 spiro atoms. The first-order chi connectivity index (χ1) is 25.8. The van der Waals surface area contributed by atoms with Crippen LogP contribution in [0, 0.1) is 0 Å². The predicted octanol–water partition coefficient (Wildman–Crippen LogP) is 7.49. The van der Waals surface area contributed by atoms with Crippen molar-refractivity contribution in [3.63, 3.8) is 0 Å². The van der Waals surface area contributed by atoms with Gasteiger partial charge in [0.1, 0.15) is 17.6 Å². The molecule has 0 radical (unpaired) electrons. The van der Waals surface area contributed by atoms with Crippen LogP contribution < -0.4 is 11.1 Å². The van der Waals surface area contributed by atoms with Gasteiger partial charge >= 0.3 is 5.97 Å². The number of hydrogen-bond acceptors (Lipinski definition) is 4. The summed E-state index contributed by atoms with van der Waals surface area (Å²) in [6.45, 7) is 2.18. The van der Waals surface area contributed by atoms with Crippen LogP contribution in [0.2, 0.25) is 0 Å². The minimum absolute atomic E-state index is 0.0689. The Morgan fingerprint density at radius 3 is 1.77 bits per heavy atom. The molecule has 0 saturated carbocycles. The number of aliphatic carboxylic acids is 1. The van der Waals surface area contributed by atoms with Gasteiger partial charge in [-0.15, -0.1) is 0 Å². The van der Waals surface area contributed by atoms with E-state index in [-0.39, 0.29) is 18.7 Å². The van der Waals surface area contributed by atoms with Crippen LogP contribution in [0.1, 0.15) is 87.0 Å². The largest absolute Gasteiger partial charge is 0.480 e. The Morgan fingerprint density at radius 1 is 0.736 bits per heavy atom. The molecule has 0 aliphatic heterocycles. The number of primary amides is 1. The van der Waals surface area contributed by atoms with Crippen LogP contribution in [0.3, 0.4) is 0 Å². The molecule has 3 amide bonds. The molecule has 1 heterocycles. The Morgan fingerprint density at radius 2 is 1.25 bits per heavy atom. The molecule has 5 rings (SSSR count). The number of aromatic amines is 1. The van der Waals surface area contributed by atoms with E-state index < -0.39 is 41.8 Å². The number of carboxylic acid groups (broad SMARTS) is 1. The molecule has 0 bridgehead atoms. The molecule has 5 N–H and O–H groups in total. The summed E-state index contributed by atoms with van der Waals surface area (Å²) in [5.74, 6) is -3.24. The van der Waals surface area contributed by atoms with Crippen LogP contribution >= 0.6 is 0 Å². The Labute approximate surface area is 311 Å². The summed E-state index contributed by atoms with van der Waals surface area (Å²) in [5.41, 5.74) is 7.62. The highest BCUT2D eigenvalue weighted by molar-refractivity contribution is 5.95. The number of carboxylic acids is 1. The average Bonchev–Trinajstić information content (AvgIpc) is 3.58. The standard InChI is InChI=1S/C44H50N4O5/c1-2-3-4-5-6-7-17-28-41(50)47-38(29-32-31-46-37-27-19-18-26-36(32)37)42(51)48(39(43(52)53)30-40(45)49)44(33-20-11-8-12-21-33,34-22-13-9-14-23-34)35-24-15-10-16-25-35/h8-16,18-27,31,38-39,46H,2-7,17,28-30H2,1H3,(H2,45,49)(H,47,50)(H,52,53)/t38-,39-/m0/s1. The molecule has 2 atom stereocenters. The summed E-state index contributed by atoms with van der Waals surface area (Å²) < 4.78 is 0. The fourth-order valence-corrected chi connectivity index (χ4v) is 7.39. The number of carbonyl (C=O) groups is 4. The van der Waals surface area contributed by atoms with Crippen molar-refractivity contribution in [3.05, 3.63) is 144 Å². The zero-order valence-corrected chi connectivity index (χ0v) is 30.4.